The van der Waals surface area contributed by atoms with Crippen molar-refractivity contribution in [1.29, 1.82) is 0 Å². The monoisotopic (exact) mass is 232 g/mol. The smallest absolute Gasteiger partial charge is 0.129 e. The highest BCUT2D eigenvalue weighted by Gasteiger charge is 2.26. The summed E-state index contributed by atoms with van der Waals surface area (Å²) in [5.74, 6) is 0. The van der Waals surface area contributed by atoms with Crippen molar-refractivity contribution in [3.8, 4) is 0 Å². The number of hydrogen-bond acceptors (Lipinski definition) is 1. The first kappa shape index (κ1) is 14.0. The predicted octanol–water partition coefficient (Wildman–Crippen LogP) is 4.60. The van der Waals surface area contributed by atoms with E-state index in [9.17, 15) is 4.79 Å². The third-order valence-corrected chi connectivity index (χ3v) is 3.84. The van der Waals surface area contributed by atoms with E-state index in [0.717, 1.165) is 38.4 Å². The van der Waals surface area contributed by atoms with Crippen LogP contribution in [0.25, 0.3) is 0 Å². The van der Waals surface area contributed by atoms with Crippen LogP contribution in [0.4, 0.5) is 0 Å². The summed E-state index contributed by atoms with van der Waals surface area (Å²) >= 11 is 0. The second-order valence-electron chi connectivity index (χ2n) is 5.20. The average Bonchev–Trinajstić information content (AvgIpc) is 2.34. The van der Waals surface area contributed by atoms with Gasteiger partial charge in [-0.3, -0.25) is 0 Å². The van der Waals surface area contributed by atoms with Crippen molar-refractivity contribution in [2.24, 2.45) is 5.41 Å². The van der Waals surface area contributed by atoms with Crippen LogP contribution in [0.15, 0.2) is 35.5 Å². The molecule has 1 aliphatic carbocycles. The zero-order valence-corrected chi connectivity index (χ0v) is 11.3. The molecule has 0 aromatic carbocycles. The van der Waals surface area contributed by atoms with Gasteiger partial charge in [-0.1, -0.05) is 35.5 Å². The summed E-state index contributed by atoms with van der Waals surface area (Å²) in [5.41, 5.74) is 2.29. The Balaban J connectivity index is 2.97. The van der Waals surface area contributed by atoms with Gasteiger partial charge in [-0.05, 0) is 52.9 Å². The molecule has 1 rings (SSSR count). The summed E-state index contributed by atoms with van der Waals surface area (Å²) in [6, 6.07) is 0. The van der Waals surface area contributed by atoms with Gasteiger partial charge in [0, 0.05) is 5.41 Å². The number of rotatable bonds is 1. The van der Waals surface area contributed by atoms with E-state index in [1.807, 2.05) is 0 Å². The fourth-order valence-electron chi connectivity index (χ4n) is 2.16. The molecule has 94 valence electrons. The highest BCUT2D eigenvalue weighted by Crippen LogP contribution is 2.33. The van der Waals surface area contributed by atoms with Crippen LogP contribution in [-0.2, 0) is 4.79 Å². The molecule has 0 heterocycles. The van der Waals surface area contributed by atoms with Gasteiger partial charge in [-0.25, -0.2) is 0 Å². The highest BCUT2D eigenvalue weighted by atomic mass is 16.1. The fraction of sp³-hybridized carbons (Fsp3) is 0.562. The van der Waals surface area contributed by atoms with Gasteiger partial charge in [0.15, 0.2) is 0 Å². The van der Waals surface area contributed by atoms with E-state index < -0.39 is 0 Å². The molecule has 17 heavy (non-hydrogen) atoms. The Bertz CT molecular complexity index is 347. The van der Waals surface area contributed by atoms with E-state index in [1.54, 1.807) is 0 Å². The summed E-state index contributed by atoms with van der Waals surface area (Å²) < 4.78 is 0. The van der Waals surface area contributed by atoms with Gasteiger partial charge >= 0.3 is 0 Å². The van der Waals surface area contributed by atoms with Gasteiger partial charge in [0.1, 0.15) is 6.29 Å². The van der Waals surface area contributed by atoms with E-state index in [0.29, 0.717) is 0 Å². The Morgan fingerprint density at radius 2 is 1.65 bits per heavy atom. The lowest BCUT2D eigenvalue weighted by molar-refractivity contribution is -0.114. The summed E-state index contributed by atoms with van der Waals surface area (Å²) in [7, 11) is 0. The van der Waals surface area contributed by atoms with Crippen molar-refractivity contribution in [1.82, 2.24) is 0 Å². The Kier molecular flexibility index (Phi) is 5.40. The Labute approximate surface area is 105 Å². The maximum atomic E-state index is 11.4. The van der Waals surface area contributed by atoms with Crippen LogP contribution in [0.2, 0.25) is 0 Å². The van der Waals surface area contributed by atoms with E-state index in [1.165, 1.54) is 11.1 Å². The standard InChI is InChI=1S/C16H24O/c1-14-11-9-7-5-4-6-8-10-12-16(3,13-17)15(14)2/h6-9,13H,4-5,10-12H2,1-3H3/b8-6+,9-7+,15-14+. The van der Waals surface area contributed by atoms with Crippen LogP contribution in [0, 0.1) is 5.41 Å². The Hall–Kier alpha value is -1.11. The number of carbonyl (C=O) groups is 1. The predicted molar refractivity (Wildman–Crippen MR) is 73.9 cm³/mol. The molecular weight excluding hydrogens is 208 g/mol. The lowest BCUT2D eigenvalue weighted by Crippen LogP contribution is -2.20. The zero-order chi connectivity index (χ0) is 12.7. The molecule has 0 spiro atoms. The molecular formula is C16H24O. The normalized spacial score (nSPS) is 35.5. The summed E-state index contributed by atoms with van der Waals surface area (Å²) in [6.07, 6.45) is 15.1. The van der Waals surface area contributed by atoms with Crippen molar-refractivity contribution >= 4 is 6.29 Å². The molecule has 1 nitrogen and oxygen atoms in total. The third kappa shape index (κ3) is 3.99. The lowest BCUT2D eigenvalue weighted by atomic mass is 9.77. The highest BCUT2D eigenvalue weighted by molar-refractivity contribution is 5.64. The maximum Gasteiger partial charge on any atom is 0.129 e. The molecule has 1 atom stereocenters. The van der Waals surface area contributed by atoms with Gasteiger partial charge in [-0.2, -0.15) is 0 Å². The fourth-order valence-corrected chi connectivity index (χ4v) is 2.16. The van der Waals surface area contributed by atoms with Gasteiger partial charge < -0.3 is 4.79 Å². The van der Waals surface area contributed by atoms with Gasteiger partial charge in [0.25, 0.3) is 0 Å². The van der Waals surface area contributed by atoms with Crippen LogP contribution in [0.5, 0.6) is 0 Å². The number of hydrogen-bond donors (Lipinski definition) is 0. The van der Waals surface area contributed by atoms with Crippen LogP contribution in [0.1, 0.15) is 52.9 Å². The zero-order valence-electron chi connectivity index (χ0n) is 11.3. The molecule has 0 bridgehead atoms. The minimum Gasteiger partial charge on any atom is -0.302 e. The molecule has 1 unspecified atom stereocenters. The molecule has 0 fully saturated rings. The molecule has 1 heteroatoms. The number of carbonyl (C=O) groups excluding carboxylic acids is 1. The van der Waals surface area contributed by atoms with Crippen molar-refractivity contribution in [2.75, 3.05) is 0 Å². The first-order chi connectivity index (χ1) is 8.10. The average molecular weight is 232 g/mol. The van der Waals surface area contributed by atoms with Crippen molar-refractivity contribution in [3.05, 3.63) is 35.5 Å². The van der Waals surface area contributed by atoms with Crippen molar-refractivity contribution in [2.45, 2.75) is 52.9 Å². The van der Waals surface area contributed by atoms with Crippen molar-refractivity contribution < 1.29 is 4.79 Å². The number of aldehydes is 1. The molecule has 1 aliphatic rings. The topological polar surface area (TPSA) is 17.1 Å². The third-order valence-electron chi connectivity index (χ3n) is 3.84. The summed E-state index contributed by atoms with van der Waals surface area (Å²) in [4.78, 5) is 11.4. The van der Waals surface area contributed by atoms with Crippen LogP contribution < -0.4 is 0 Å². The van der Waals surface area contributed by atoms with Gasteiger partial charge in [-0.15, -0.1) is 0 Å². The van der Waals surface area contributed by atoms with E-state index in [4.69, 9.17) is 0 Å². The minimum atomic E-state index is -0.290. The van der Waals surface area contributed by atoms with Crippen LogP contribution in [0.3, 0.4) is 0 Å². The van der Waals surface area contributed by atoms with Gasteiger partial charge in [0.05, 0.1) is 0 Å². The van der Waals surface area contributed by atoms with E-state index >= 15 is 0 Å². The summed E-state index contributed by atoms with van der Waals surface area (Å²) in [5, 5.41) is 0. The van der Waals surface area contributed by atoms with Gasteiger partial charge in [0.2, 0.25) is 0 Å². The Morgan fingerprint density at radius 3 is 2.29 bits per heavy atom. The molecule has 0 saturated heterocycles. The largest absolute Gasteiger partial charge is 0.302 e. The Morgan fingerprint density at radius 1 is 1.06 bits per heavy atom. The minimum absolute atomic E-state index is 0.290. The molecule has 0 saturated carbocycles. The van der Waals surface area contributed by atoms with Crippen LogP contribution in [-0.4, -0.2) is 6.29 Å². The maximum absolute atomic E-state index is 11.4. The molecule has 0 radical (unpaired) electrons. The number of allylic oxidation sites excluding steroid dienone is 6. The molecule has 0 aromatic rings. The SMILES string of the molecule is C/C1=C(/C)C(C)(C=O)CC/C=C/CC/C=C/C1. The van der Waals surface area contributed by atoms with E-state index in [-0.39, 0.29) is 5.41 Å². The first-order valence-corrected chi connectivity index (χ1v) is 6.53. The van der Waals surface area contributed by atoms with E-state index in [2.05, 4.69) is 45.1 Å². The molecule has 0 amide bonds. The van der Waals surface area contributed by atoms with Crippen LogP contribution >= 0.6 is 0 Å². The molecule has 0 aliphatic heterocycles. The second-order valence-corrected chi connectivity index (χ2v) is 5.20. The first-order valence-electron chi connectivity index (χ1n) is 6.53. The second kappa shape index (κ2) is 6.58. The molecule has 0 aromatic heterocycles. The lowest BCUT2D eigenvalue weighted by Gasteiger charge is -2.26. The summed E-state index contributed by atoms with van der Waals surface area (Å²) in [6.45, 7) is 6.30. The molecule has 0 N–H and O–H groups in total. The quantitative estimate of drug-likeness (QED) is 0.477. The van der Waals surface area contributed by atoms with Crippen molar-refractivity contribution in [3.63, 3.8) is 0 Å².